The van der Waals surface area contributed by atoms with Gasteiger partial charge in [0.1, 0.15) is 0 Å². The normalized spacial score (nSPS) is 8.25. The number of aromatic nitrogens is 2. The quantitative estimate of drug-likeness (QED) is 0.604. The molecule has 0 spiro atoms. The second kappa shape index (κ2) is 2.95. The Morgan fingerprint density at radius 3 is 2.50 bits per heavy atom. The fourth-order valence-electron chi connectivity index (χ4n) is 0.344. The van der Waals surface area contributed by atoms with Gasteiger partial charge in [0.25, 0.3) is 0 Å². The van der Waals surface area contributed by atoms with E-state index in [0.717, 1.165) is 5.69 Å². The molecule has 0 saturated carbocycles. The van der Waals surface area contributed by atoms with E-state index in [4.69, 9.17) is 11.6 Å². The number of halogens is 2. The van der Waals surface area contributed by atoms with E-state index in [1.807, 2.05) is 6.92 Å². The van der Waals surface area contributed by atoms with E-state index < -0.39 is 0 Å². The Labute approximate surface area is 58.6 Å². The lowest BCUT2D eigenvalue weighted by Gasteiger charge is -1.74. The van der Waals surface area contributed by atoms with Gasteiger partial charge in [-0.1, -0.05) is 11.6 Å². The third-order valence-electron chi connectivity index (χ3n) is 0.769. The molecule has 0 radical (unpaired) electrons. The molecule has 0 unspecified atom stereocenters. The molecular formula is C4H6Cl2N2. The Kier molecular flexibility index (Phi) is 2.87. The number of hydrogen-bond donors (Lipinski definition) is 1. The van der Waals surface area contributed by atoms with Gasteiger partial charge in [-0.25, -0.2) is 0 Å². The van der Waals surface area contributed by atoms with Crippen molar-refractivity contribution in [1.29, 1.82) is 0 Å². The second-order valence-corrected chi connectivity index (χ2v) is 1.73. The van der Waals surface area contributed by atoms with Gasteiger partial charge >= 0.3 is 0 Å². The summed E-state index contributed by atoms with van der Waals surface area (Å²) in [6.07, 6.45) is 1.65. The second-order valence-electron chi connectivity index (χ2n) is 1.32. The average Bonchev–Trinajstić information content (AvgIpc) is 1.91. The van der Waals surface area contributed by atoms with Crippen LogP contribution < -0.4 is 0 Å². The molecule has 0 aliphatic heterocycles. The number of nitrogens with one attached hydrogen (secondary N) is 1. The number of nitrogens with zero attached hydrogens (tertiary/aromatic N) is 1. The minimum atomic E-state index is 0. The Hall–Kier alpha value is -0.210. The molecule has 1 aromatic heterocycles. The predicted molar refractivity (Wildman–Crippen MR) is 35.6 cm³/mol. The molecule has 0 atom stereocenters. The number of hydrogen-bond acceptors (Lipinski definition) is 1. The molecule has 8 heavy (non-hydrogen) atoms. The number of aromatic amines is 1. The van der Waals surface area contributed by atoms with Crippen molar-refractivity contribution < 1.29 is 0 Å². The van der Waals surface area contributed by atoms with E-state index >= 15 is 0 Å². The van der Waals surface area contributed by atoms with Gasteiger partial charge in [-0.15, -0.1) is 12.4 Å². The summed E-state index contributed by atoms with van der Waals surface area (Å²) in [5.74, 6) is 0. The zero-order chi connectivity index (χ0) is 5.28. The minimum Gasteiger partial charge on any atom is -0.284 e. The monoisotopic (exact) mass is 152 g/mol. The first-order chi connectivity index (χ1) is 3.30. The first-order valence-corrected chi connectivity index (χ1v) is 2.34. The summed E-state index contributed by atoms with van der Waals surface area (Å²) in [4.78, 5) is 0. The van der Waals surface area contributed by atoms with Gasteiger partial charge in [0, 0.05) is 6.20 Å². The Bertz CT molecular complexity index is 144. The van der Waals surface area contributed by atoms with Crippen LogP contribution in [0.4, 0.5) is 0 Å². The van der Waals surface area contributed by atoms with Crippen LogP contribution in [0, 0.1) is 6.92 Å². The third-order valence-corrected chi connectivity index (χ3v) is 1.15. The first kappa shape index (κ1) is 7.79. The van der Waals surface area contributed by atoms with Gasteiger partial charge in [-0.05, 0) is 6.92 Å². The number of H-pyrrole nitrogens is 1. The highest BCUT2D eigenvalue weighted by atomic mass is 35.5. The molecule has 0 aliphatic rings. The van der Waals surface area contributed by atoms with Gasteiger partial charge in [0.15, 0.2) is 0 Å². The Morgan fingerprint density at radius 2 is 2.38 bits per heavy atom. The summed E-state index contributed by atoms with van der Waals surface area (Å²) in [7, 11) is 0. The van der Waals surface area contributed by atoms with Gasteiger partial charge in [-0.3, -0.25) is 5.10 Å². The topological polar surface area (TPSA) is 28.7 Å². The molecule has 2 nitrogen and oxygen atoms in total. The van der Waals surface area contributed by atoms with Crippen molar-refractivity contribution in [2.45, 2.75) is 6.92 Å². The highest BCUT2D eigenvalue weighted by Crippen LogP contribution is 2.07. The largest absolute Gasteiger partial charge is 0.284 e. The zero-order valence-corrected chi connectivity index (χ0v) is 5.88. The predicted octanol–water partition coefficient (Wildman–Crippen LogP) is 1.79. The van der Waals surface area contributed by atoms with Crippen LogP contribution in [0.15, 0.2) is 6.20 Å². The van der Waals surface area contributed by atoms with Crippen molar-refractivity contribution in [2.24, 2.45) is 0 Å². The summed E-state index contributed by atoms with van der Waals surface area (Å²) in [6, 6.07) is 0. The molecule has 46 valence electrons. The molecule has 1 heterocycles. The maximum Gasteiger partial charge on any atom is 0.0812 e. The summed E-state index contributed by atoms with van der Waals surface area (Å²) in [5, 5.41) is 7.07. The lowest BCUT2D eigenvalue weighted by molar-refractivity contribution is 1.05. The Balaban J connectivity index is 0.000000490. The molecule has 1 rings (SSSR count). The fourth-order valence-corrected chi connectivity index (χ4v) is 0.435. The van der Waals surface area contributed by atoms with E-state index in [1.165, 1.54) is 0 Å². The van der Waals surface area contributed by atoms with Gasteiger partial charge in [-0.2, -0.15) is 5.10 Å². The summed E-state index contributed by atoms with van der Waals surface area (Å²) in [5.41, 5.74) is 0.849. The van der Waals surface area contributed by atoms with Crippen molar-refractivity contribution in [3.63, 3.8) is 0 Å². The molecule has 0 fully saturated rings. The maximum absolute atomic E-state index is 5.53. The first-order valence-electron chi connectivity index (χ1n) is 1.96. The van der Waals surface area contributed by atoms with Gasteiger partial charge in [0.05, 0.1) is 10.7 Å². The molecule has 1 N–H and O–H groups in total. The summed E-state index contributed by atoms with van der Waals surface area (Å²) in [6.45, 7) is 1.85. The van der Waals surface area contributed by atoms with Crippen LogP contribution in [0.25, 0.3) is 0 Å². The van der Waals surface area contributed by atoms with Crippen LogP contribution in [0.3, 0.4) is 0 Å². The number of aryl methyl sites for hydroxylation is 1. The molecule has 1 aromatic rings. The average molecular weight is 153 g/mol. The highest BCUT2D eigenvalue weighted by Gasteiger charge is 1.90. The van der Waals surface area contributed by atoms with Gasteiger partial charge in [0.2, 0.25) is 0 Å². The van der Waals surface area contributed by atoms with Crippen LogP contribution in [0.5, 0.6) is 0 Å². The van der Waals surface area contributed by atoms with E-state index in [2.05, 4.69) is 10.2 Å². The van der Waals surface area contributed by atoms with Crippen LogP contribution in [0.1, 0.15) is 5.69 Å². The zero-order valence-electron chi connectivity index (χ0n) is 4.31. The number of rotatable bonds is 0. The van der Waals surface area contributed by atoms with E-state index in [9.17, 15) is 0 Å². The van der Waals surface area contributed by atoms with Crippen molar-refractivity contribution >= 4 is 24.0 Å². The van der Waals surface area contributed by atoms with Crippen molar-refractivity contribution in [1.82, 2.24) is 10.2 Å². The van der Waals surface area contributed by atoms with Crippen LogP contribution >= 0.6 is 24.0 Å². The SMILES string of the molecule is Cc1n[nH]cc1Cl.Cl. The smallest absolute Gasteiger partial charge is 0.0812 e. The molecule has 0 aliphatic carbocycles. The van der Waals surface area contributed by atoms with Crippen LogP contribution in [0.2, 0.25) is 5.02 Å². The molecule has 0 aromatic carbocycles. The van der Waals surface area contributed by atoms with Crippen molar-refractivity contribution in [2.75, 3.05) is 0 Å². The van der Waals surface area contributed by atoms with E-state index in [1.54, 1.807) is 6.20 Å². The van der Waals surface area contributed by atoms with Crippen LogP contribution in [-0.4, -0.2) is 10.2 Å². The molecule has 0 bridgehead atoms. The van der Waals surface area contributed by atoms with Crippen molar-refractivity contribution in [3.05, 3.63) is 16.9 Å². The lowest BCUT2D eigenvalue weighted by atomic mass is 10.5. The minimum absolute atomic E-state index is 0. The van der Waals surface area contributed by atoms with Gasteiger partial charge < -0.3 is 0 Å². The summed E-state index contributed by atoms with van der Waals surface area (Å²) >= 11 is 5.53. The fraction of sp³-hybridized carbons (Fsp3) is 0.250. The molecule has 0 amide bonds. The summed E-state index contributed by atoms with van der Waals surface area (Å²) < 4.78 is 0. The molecule has 4 heteroatoms. The van der Waals surface area contributed by atoms with Crippen LogP contribution in [-0.2, 0) is 0 Å². The lowest BCUT2D eigenvalue weighted by Crippen LogP contribution is -1.67. The maximum atomic E-state index is 5.53. The molecular weight excluding hydrogens is 147 g/mol. The standard InChI is InChI=1S/C4H5ClN2.ClH/c1-3-4(5)2-6-7-3;/h2H,1H3,(H,6,7);1H. The van der Waals surface area contributed by atoms with E-state index in [-0.39, 0.29) is 12.4 Å². The third kappa shape index (κ3) is 1.39. The highest BCUT2D eigenvalue weighted by molar-refractivity contribution is 6.31. The Morgan fingerprint density at radius 1 is 1.75 bits per heavy atom. The molecule has 0 saturated heterocycles. The van der Waals surface area contributed by atoms with Crippen molar-refractivity contribution in [3.8, 4) is 0 Å². The van der Waals surface area contributed by atoms with E-state index in [0.29, 0.717) is 5.02 Å².